The van der Waals surface area contributed by atoms with Crippen LogP contribution in [0.5, 0.6) is 5.75 Å². The molecule has 10 heteroatoms. The van der Waals surface area contributed by atoms with Gasteiger partial charge in [-0.3, -0.25) is 13.9 Å². The lowest BCUT2D eigenvalue weighted by molar-refractivity contribution is -0.140. The van der Waals surface area contributed by atoms with Gasteiger partial charge in [-0.25, -0.2) is 12.8 Å². The maximum absolute atomic E-state index is 13.3. The largest absolute Gasteiger partial charge is 0.497 e. The molecule has 198 valence electrons. The van der Waals surface area contributed by atoms with Gasteiger partial charge in [-0.05, 0) is 68.7 Å². The first-order valence-corrected chi connectivity index (χ1v) is 13.8. The van der Waals surface area contributed by atoms with E-state index in [9.17, 15) is 22.4 Å². The van der Waals surface area contributed by atoms with Crippen molar-refractivity contribution >= 4 is 27.5 Å². The Morgan fingerprint density at radius 3 is 2.36 bits per heavy atom. The highest BCUT2D eigenvalue weighted by Gasteiger charge is 2.27. The fourth-order valence-corrected chi connectivity index (χ4v) is 4.59. The van der Waals surface area contributed by atoms with Crippen LogP contribution in [0.15, 0.2) is 48.5 Å². The molecule has 2 rings (SSSR count). The maximum atomic E-state index is 13.3. The SMILES string of the molecule is CC[C@H](C)NC(=O)[C@@H](C)N(Cc1cccc(OC)c1)C(=O)CCCN(c1ccc(F)cc1)S(C)(=O)=O. The van der Waals surface area contributed by atoms with Crippen molar-refractivity contribution < 1.29 is 27.1 Å². The van der Waals surface area contributed by atoms with Crippen LogP contribution in [0, 0.1) is 5.82 Å². The lowest BCUT2D eigenvalue weighted by Gasteiger charge is -2.30. The van der Waals surface area contributed by atoms with Crippen molar-refractivity contribution in [1.29, 1.82) is 0 Å². The van der Waals surface area contributed by atoms with E-state index in [0.717, 1.165) is 22.5 Å². The predicted molar refractivity (Wildman–Crippen MR) is 139 cm³/mol. The molecular formula is C26H36FN3O5S. The number of anilines is 1. The highest BCUT2D eigenvalue weighted by Crippen LogP contribution is 2.20. The van der Waals surface area contributed by atoms with E-state index in [1.165, 1.54) is 29.2 Å². The molecule has 0 aliphatic carbocycles. The smallest absolute Gasteiger partial charge is 0.242 e. The van der Waals surface area contributed by atoms with Gasteiger partial charge in [0.25, 0.3) is 0 Å². The number of benzene rings is 2. The van der Waals surface area contributed by atoms with Crippen LogP contribution in [0.1, 0.15) is 45.6 Å². The molecule has 0 fully saturated rings. The zero-order chi connectivity index (χ0) is 26.9. The molecule has 0 bridgehead atoms. The van der Waals surface area contributed by atoms with E-state index >= 15 is 0 Å². The molecule has 0 saturated heterocycles. The fraction of sp³-hybridized carbons (Fsp3) is 0.462. The van der Waals surface area contributed by atoms with Crippen LogP contribution in [-0.4, -0.2) is 57.1 Å². The van der Waals surface area contributed by atoms with Crippen LogP contribution in [0.25, 0.3) is 0 Å². The molecule has 8 nitrogen and oxygen atoms in total. The molecule has 0 unspecified atom stereocenters. The fourth-order valence-electron chi connectivity index (χ4n) is 3.63. The number of amides is 2. The summed E-state index contributed by atoms with van der Waals surface area (Å²) in [5.74, 6) is -0.373. The molecule has 2 aromatic rings. The van der Waals surface area contributed by atoms with Gasteiger partial charge in [0.05, 0.1) is 19.1 Å². The number of halogens is 1. The second-order valence-electron chi connectivity index (χ2n) is 8.78. The summed E-state index contributed by atoms with van der Waals surface area (Å²) < 4.78 is 44.4. The number of carbonyl (C=O) groups excluding carboxylic acids is 2. The summed E-state index contributed by atoms with van der Waals surface area (Å²) in [6, 6.07) is 11.6. The second kappa shape index (κ2) is 13.2. The number of hydrogen-bond acceptors (Lipinski definition) is 5. The lowest BCUT2D eigenvalue weighted by Crippen LogP contribution is -2.49. The van der Waals surface area contributed by atoms with E-state index in [4.69, 9.17) is 4.74 Å². The Bertz CT molecular complexity index is 1120. The van der Waals surface area contributed by atoms with Gasteiger partial charge in [-0.15, -0.1) is 0 Å². The van der Waals surface area contributed by atoms with Crippen molar-refractivity contribution in [3.05, 3.63) is 59.9 Å². The van der Waals surface area contributed by atoms with Crippen LogP contribution >= 0.6 is 0 Å². The standard InChI is InChI=1S/C26H36FN3O5S/c1-6-19(2)28-26(32)20(3)29(18-21-9-7-10-24(17-21)35-4)25(31)11-8-16-30(36(5,33)34)23-14-12-22(27)13-15-23/h7,9-10,12-15,17,19-20H,6,8,11,16,18H2,1-5H3,(H,28,32)/t19-,20+/m0/s1. The molecule has 2 aromatic carbocycles. The second-order valence-corrected chi connectivity index (χ2v) is 10.7. The third-order valence-electron chi connectivity index (χ3n) is 5.92. The van der Waals surface area contributed by atoms with Crippen LogP contribution in [0.4, 0.5) is 10.1 Å². The minimum absolute atomic E-state index is 0.0259. The van der Waals surface area contributed by atoms with E-state index in [0.29, 0.717) is 11.4 Å². The van der Waals surface area contributed by atoms with Gasteiger partial charge in [-0.1, -0.05) is 19.1 Å². The van der Waals surface area contributed by atoms with Crippen LogP contribution < -0.4 is 14.4 Å². The van der Waals surface area contributed by atoms with Crippen molar-refractivity contribution in [2.75, 3.05) is 24.2 Å². The highest BCUT2D eigenvalue weighted by molar-refractivity contribution is 7.92. The van der Waals surface area contributed by atoms with Gasteiger partial charge >= 0.3 is 0 Å². The number of rotatable bonds is 13. The highest BCUT2D eigenvalue weighted by atomic mass is 32.2. The number of methoxy groups -OCH3 is 1. The van der Waals surface area contributed by atoms with Crippen molar-refractivity contribution in [2.24, 2.45) is 0 Å². The van der Waals surface area contributed by atoms with E-state index in [2.05, 4.69) is 5.32 Å². The topological polar surface area (TPSA) is 96.0 Å². The van der Waals surface area contributed by atoms with E-state index in [1.807, 2.05) is 26.0 Å². The van der Waals surface area contributed by atoms with Gasteiger partial charge < -0.3 is 15.0 Å². The molecule has 2 amide bonds. The normalized spacial score (nSPS) is 12.9. The summed E-state index contributed by atoms with van der Waals surface area (Å²) >= 11 is 0. The van der Waals surface area contributed by atoms with Crippen LogP contribution in [0.3, 0.4) is 0 Å². The Balaban J connectivity index is 2.18. The molecule has 0 heterocycles. The van der Waals surface area contributed by atoms with Gasteiger partial charge in [0.2, 0.25) is 21.8 Å². The Labute approximate surface area is 213 Å². The Hall–Kier alpha value is -3.14. The summed E-state index contributed by atoms with van der Waals surface area (Å²) in [5, 5.41) is 2.92. The number of nitrogens with zero attached hydrogens (tertiary/aromatic N) is 2. The molecule has 2 atom stereocenters. The van der Waals surface area contributed by atoms with Crippen LogP contribution in [-0.2, 0) is 26.2 Å². The number of ether oxygens (including phenoxy) is 1. The van der Waals surface area contributed by atoms with Crippen molar-refractivity contribution in [2.45, 2.75) is 58.7 Å². The minimum Gasteiger partial charge on any atom is -0.497 e. The first kappa shape index (κ1) is 29.1. The van der Waals surface area contributed by atoms with E-state index < -0.39 is 21.9 Å². The summed E-state index contributed by atoms with van der Waals surface area (Å²) in [4.78, 5) is 27.7. The molecule has 0 radical (unpaired) electrons. The zero-order valence-electron chi connectivity index (χ0n) is 21.5. The van der Waals surface area contributed by atoms with Crippen molar-refractivity contribution in [3.8, 4) is 5.75 Å². The maximum Gasteiger partial charge on any atom is 0.242 e. The first-order valence-electron chi connectivity index (χ1n) is 11.9. The number of sulfonamides is 1. The van der Waals surface area contributed by atoms with E-state index in [-0.39, 0.29) is 43.8 Å². The van der Waals surface area contributed by atoms with Gasteiger partial charge in [-0.2, -0.15) is 0 Å². The molecule has 0 aliphatic heterocycles. The first-order chi connectivity index (χ1) is 17.0. The number of carbonyl (C=O) groups is 2. The molecule has 1 N–H and O–H groups in total. The zero-order valence-corrected chi connectivity index (χ0v) is 22.3. The van der Waals surface area contributed by atoms with Gasteiger partial charge in [0, 0.05) is 25.6 Å². The Kier molecular flexibility index (Phi) is 10.7. The third-order valence-corrected chi connectivity index (χ3v) is 7.12. The summed E-state index contributed by atoms with van der Waals surface area (Å²) in [5.41, 5.74) is 1.12. The average molecular weight is 522 g/mol. The van der Waals surface area contributed by atoms with Crippen LogP contribution in [0.2, 0.25) is 0 Å². The number of hydrogen-bond donors (Lipinski definition) is 1. The summed E-state index contributed by atoms with van der Waals surface area (Å²) in [6.07, 6.45) is 2.07. The third kappa shape index (κ3) is 8.51. The summed E-state index contributed by atoms with van der Waals surface area (Å²) in [7, 11) is -2.09. The molecule has 0 saturated carbocycles. The minimum atomic E-state index is -3.64. The molecule has 0 aromatic heterocycles. The molecule has 0 aliphatic rings. The van der Waals surface area contributed by atoms with Gasteiger partial charge in [0.1, 0.15) is 17.6 Å². The molecular weight excluding hydrogens is 485 g/mol. The molecule has 0 spiro atoms. The number of nitrogens with one attached hydrogen (secondary N) is 1. The van der Waals surface area contributed by atoms with Gasteiger partial charge in [0.15, 0.2) is 0 Å². The molecule has 36 heavy (non-hydrogen) atoms. The lowest BCUT2D eigenvalue weighted by atomic mass is 10.1. The van der Waals surface area contributed by atoms with Crippen molar-refractivity contribution in [3.63, 3.8) is 0 Å². The Morgan fingerprint density at radius 2 is 1.78 bits per heavy atom. The predicted octanol–water partition coefficient (Wildman–Crippen LogP) is 3.71. The average Bonchev–Trinajstić information content (AvgIpc) is 2.84. The Morgan fingerprint density at radius 1 is 1.11 bits per heavy atom. The quantitative estimate of drug-likeness (QED) is 0.434. The monoisotopic (exact) mass is 521 g/mol. The van der Waals surface area contributed by atoms with Crippen molar-refractivity contribution in [1.82, 2.24) is 10.2 Å². The van der Waals surface area contributed by atoms with E-state index in [1.54, 1.807) is 26.2 Å². The summed E-state index contributed by atoms with van der Waals surface area (Å²) in [6.45, 7) is 5.77.